The summed E-state index contributed by atoms with van der Waals surface area (Å²) in [5.41, 5.74) is 29.4. The van der Waals surface area contributed by atoms with E-state index in [1.807, 2.05) is 0 Å². The van der Waals surface area contributed by atoms with Gasteiger partial charge in [0.05, 0.1) is 56.4 Å². The molecule has 4 aromatic heterocycles. The van der Waals surface area contributed by atoms with Gasteiger partial charge in [0.2, 0.25) is 0 Å². The molecule has 0 atom stereocenters. The SMILES string of the molecule is CC(C)(C)Cc1c2c3cc(C(C)(C)C)cc4c5c6c(c(C#N)cc5n(c2c(CC(C)(C)C)c2c5cc(C(C)(C)C)cc7c8c9c(c(C#N)cc8n(c12)c75)C1c2ccccc2C9c2ccccc21)c43)C1c2ccccc2C6c2ccccc21. The van der Waals surface area contributed by atoms with Crippen LogP contribution in [0.3, 0.4) is 0 Å². The number of aromatic nitrogens is 2. The van der Waals surface area contributed by atoms with Gasteiger partial charge in [-0.25, -0.2) is 0 Å². The highest BCUT2D eigenvalue weighted by Crippen LogP contribution is 2.63. The van der Waals surface area contributed by atoms with Crippen molar-refractivity contribution in [3.8, 4) is 12.1 Å². The first-order valence-electron chi connectivity index (χ1n) is 29.9. The van der Waals surface area contributed by atoms with Gasteiger partial charge in [-0.15, -0.1) is 0 Å². The molecule has 4 nitrogen and oxygen atoms in total. The number of benzene rings is 9. The Balaban J connectivity index is 1.13. The number of nitriles is 2. The Labute approximate surface area is 479 Å². The molecule has 0 aliphatic heterocycles. The quantitative estimate of drug-likeness (QED) is 0.173. The highest BCUT2D eigenvalue weighted by Gasteiger charge is 2.47. The first kappa shape index (κ1) is 48.3. The minimum Gasteiger partial charge on any atom is -0.308 e. The van der Waals surface area contributed by atoms with Crippen molar-refractivity contribution in [3.05, 3.63) is 234 Å². The van der Waals surface area contributed by atoms with Crippen LogP contribution in [0.1, 0.15) is 207 Å². The van der Waals surface area contributed by atoms with Crippen molar-refractivity contribution in [1.82, 2.24) is 8.80 Å². The van der Waals surface area contributed by atoms with E-state index in [9.17, 15) is 10.5 Å². The molecule has 0 saturated carbocycles. The third-order valence-corrected chi connectivity index (χ3v) is 20.1. The predicted molar refractivity (Wildman–Crippen MR) is 338 cm³/mol. The molecule has 398 valence electrons. The maximum atomic E-state index is 11.7. The molecule has 9 aromatic carbocycles. The van der Waals surface area contributed by atoms with Crippen molar-refractivity contribution in [2.75, 3.05) is 0 Å². The summed E-state index contributed by atoms with van der Waals surface area (Å²) >= 11 is 0. The summed E-state index contributed by atoms with van der Waals surface area (Å²) in [5.74, 6) is -0.0840. The largest absolute Gasteiger partial charge is 0.308 e. The van der Waals surface area contributed by atoms with Gasteiger partial charge in [-0.1, -0.05) is 180 Å². The summed E-state index contributed by atoms with van der Waals surface area (Å²) < 4.78 is 5.37. The van der Waals surface area contributed by atoms with Crippen molar-refractivity contribution < 1.29 is 0 Å². The van der Waals surface area contributed by atoms with Crippen molar-refractivity contribution in [3.63, 3.8) is 0 Å². The number of hydrogen-bond acceptors (Lipinski definition) is 2. The third kappa shape index (κ3) is 5.91. The zero-order valence-corrected chi connectivity index (χ0v) is 49.2. The fraction of sp³-hybridized carbons (Fsp3) is 0.282. The zero-order valence-electron chi connectivity index (χ0n) is 49.2. The fourth-order valence-corrected chi connectivity index (χ4v) is 17.2. The van der Waals surface area contributed by atoms with E-state index in [0.717, 1.165) is 35.0 Å². The van der Waals surface area contributed by atoms with Gasteiger partial charge in [-0.2, -0.15) is 10.5 Å². The van der Waals surface area contributed by atoms with Crippen LogP contribution >= 0.6 is 0 Å². The van der Waals surface area contributed by atoms with Gasteiger partial charge in [0.25, 0.3) is 0 Å². The first-order chi connectivity index (χ1) is 39.2. The van der Waals surface area contributed by atoms with Crippen LogP contribution in [0.15, 0.2) is 133 Å². The molecule has 0 saturated heterocycles. The van der Waals surface area contributed by atoms with Crippen LogP contribution in [0.2, 0.25) is 0 Å². The summed E-state index contributed by atoms with van der Waals surface area (Å²) in [5, 5.41) is 33.8. The molecule has 6 aliphatic carbocycles. The third-order valence-electron chi connectivity index (χ3n) is 20.1. The predicted octanol–water partition coefficient (Wildman–Crippen LogP) is 19.5. The second kappa shape index (κ2) is 15.4. The van der Waals surface area contributed by atoms with E-state index in [1.54, 1.807) is 0 Å². The van der Waals surface area contributed by atoms with E-state index < -0.39 is 0 Å². The van der Waals surface area contributed by atoms with Gasteiger partial charge in [0, 0.05) is 66.8 Å². The lowest BCUT2D eigenvalue weighted by Crippen LogP contribution is -2.28. The molecule has 0 spiro atoms. The lowest BCUT2D eigenvalue weighted by molar-refractivity contribution is 0.411. The van der Waals surface area contributed by atoms with E-state index in [-0.39, 0.29) is 45.3 Å². The average molecular weight is 1060 g/mol. The number of fused-ring (bicyclic) bond motifs is 12. The van der Waals surface area contributed by atoms with Crippen LogP contribution in [0, 0.1) is 33.5 Å². The lowest BCUT2D eigenvalue weighted by atomic mass is 9.59. The van der Waals surface area contributed by atoms with E-state index in [2.05, 4.69) is 237 Å². The van der Waals surface area contributed by atoms with Crippen molar-refractivity contribution >= 4 is 76.2 Å². The zero-order chi connectivity index (χ0) is 56.3. The van der Waals surface area contributed by atoms with E-state index in [0.29, 0.717) is 0 Å². The maximum Gasteiger partial charge on any atom is 0.0995 e. The number of rotatable bonds is 2. The summed E-state index contributed by atoms with van der Waals surface area (Å²) in [7, 11) is 0. The first-order valence-corrected chi connectivity index (χ1v) is 29.9. The van der Waals surface area contributed by atoms with Crippen molar-refractivity contribution in [1.29, 1.82) is 10.5 Å². The minimum absolute atomic E-state index is 0.0118. The van der Waals surface area contributed by atoms with Gasteiger partial charge in [-0.05, 0) is 160 Å². The Kier molecular flexibility index (Phi) is 9.04. The Bertz CT molecular complexity index is 4760. The maximum absolute atomic E-state index is 11.7. The van der Waals surface area contributed by atoms with Crippen LogP contribution in [0.25, 0.3) is 76.2 Å². The molecule has 0 fully saturated rings. The summed E-state index contributed by atoms with van der Waals surface area (Å²) in [6.07, 6.45) is 1.66. The van der Waals surface area contributed by atoms with Crippen molar-refractivity contribution in [2.45, 2.75) is 130 Å². The fourth-order valence-electron chi connectivity index (χ4n) is 17.2. The van der Waals surface area contributed by atoms with Gasteiger partial charge in [0.1, 0.15) is 0 Å². The Hall–Kier alpha value is -8.44. The molecule has 82 heavy (non-hydrogen) atoms. The molecular formula is C78H66N4. The van der Waals surface area contributed by atoms with E-state index in [1.165, 1.54) is 154 Å². The Morgan fingerprint density at radius 1 is 0.354 bits per heavy atom. The summed E-state index contributed by atoms with van der Waals surface area (Å²) in [6, 6.07) is 56.8. The summed E-state index contributed by atoms with van der Waals surface area (Å²) in [6.45, 7) is 28.7. The highest BCUT2D eigenvalue weighted by molar-refractivity contribution is 6.32. The van der Waals surface area contributed by atoms with E-state index in [4.69, 9.17) is 0 Å². The number of hydrogen-bond donors (Lipinski definition) is 0. The molecule has 0 radical (unpaired) electrons. The smallest absolute Gasteiger partial charge is 0.0995 e. The summed E-state index contributed by atoms with van der Waals surface area (Å²) in [4.78, 5) is 0. The normalized spacial score (nSPS) is 18.1. The lowest BCUT2D eigenvalue weighted by Gasteiger charge is -2.43. The van der Waals surface area contributed by atoms with Gasteiger partial charge in [-0.3, -0.25) is 0 Å². The van der Waals surface area contributed by atoms with Gasteiger partial charge in [0.15, 0.2) is 0 Å². The molecule has 4 heteroatoms. The molecule has 19 rings (SSSR count). The Morgan fingerprint density at radius 3 is 0.878 bits per heavy atom. The monoisotopic (exact) mass is 1060 g/mol. The molecule has 0 amide bonds. The molecule has 4 heterocycles. The topological polar surface area (TPSA) is 56.4 Å². The highest BCUT2D eigenvalue weighted by atomic mass is 14.9. The second-order valence-electron chi connectivity index (χ2n) is 29.7. The molecule has 0 unspecified atom stereocenters. The van der Waals surface area contributed by atoms with Crippen LogP contribution < -0.4 is 0 Å². The van der Waals surface area contributed by atoms with Gasteiger partial charge >= 0.3 is 0 Å². The molecule has 4 bridgehead atoms. The van der Waals surface area contributed by atoms with Gasteiger partial charge < -0.3 is 8.80 Å². The standard InChI is InChI=1S/C78H66N4/c1-75(2,3)35-55-65-51-31-41(77(7,8)9)33-53-68-58(30-40(38-80)60-62-45-23-15-19-27-49(45)64(70(60)68)50-28-20-16-24-46(50)62)82(71(51)53)74(65)56(36-76(4,5)6)66-52-32-42(78(10,11)12)34-54-67-57(81(72(52)54)73(55)66)29-39(37-79)59-61-43-21-13-17-25-47(43)63(69(59)67)48-26-18-14-22-44(48)61/h13-34,61-64H,35-36H2,1-12H3. The molecule has 6 aliphatic rings. The molecule has 13 aromatic rings. The second-order valence-corrected chi connectivity index (χ2v) is 29.7. The van der Waals surface area contributed by atoms with Crippen LogP contribution in [-0.4, -0.2) is 8.80 Å². The Morgan fingerprint density at radius 2 is 0.622 bits per heavy atom. The minimum atomic E-state index is -0.173. The average Bonchev–Trinajstić information content (AvgIpc) is 1.49. The number of nitrogens with zero attached hydrogens (tertiary/aromatic N) is 4. The van der Waals surface area contributed by atoms with E-state index >= 15 is 0 Å². The van der Waals surface area contributed by atoms with Crippen LogP contribution in [-0.2, 0) is 23.7 Å². The molecule has 0 N–H and O–H groups in total. The van der Waals surface area contributed by atoms with Crippen molar-refractivity contribution in [2.24, 2.45) is 10.8 Å². The van der Waals surface area contributed by atoms with Crippen LogP contribution in [0.5, 0.6) is 0 Å². The van der Waals surface area contributed by atoms with Crippen LogP contribution in [0.4, 0.5) is 0 Å². The molecular weight excluding hydrogens is 993 g/mol.